The fourth-order valence-corrected chi connectivity index (χ4v) is 3.09. The van der Waals surface area contributed by atoms with E-state index in [2.05, 4.69) is 17.3 Å². The van der Waals surface area contributed by atoms with Crippen LogP contribution < -0.4 is 5.32 Å². The summed E-state index contributed by atoms with van der Waals surface area (Å²) < 4.78 is 7.35. The summed E-state index contributed by atoms with van der Waals surface area (Å²) >= 11 is 0. The zero-order valence-electron chi connectivity index (χ0n) is 15.5. The molecule has 140 valence electrons. The first kappa shape index (κ1) is 19.4. The molecule has 1 aliphatic carbocycles. The topological polar surface area (TPSA) is 93.5 Å². The normalized spacial score (nSPS) is 22.4. The Balaban J connectivity index is 1.97. The average Bonchev–Trinajstić information content (AvgIpc) is 3.01. The lowest BCUT2D eigenvalue weighted by Crippen LogP contribution is -2.36. The molecule has 0 bridgehead atoms. The van der Waals surface area contributed by atoms with Crippen molar-refractivity contribution in [1.29, 1.82) is 0 Å². The first-order valence-electron chi connectivity index (χ1n) is 8.98. The molecule has 1 aliphatic rings. The molecule has 1 amide bonds. The lowest BCUT2D eigenvalue weighted by atomic mass is 9.88. The zero-order valence-corrected chi connectivity index (χ0v) is 15.5. The third-order valence-corrected chi connectivity index (χ3v) is 4.85. The molecule has 2 N–H and O–H groups in total. The van der Waals surface area contributed by atoms with Crippen molar-refractivity contribution < 1.29 is 19.4 Å². The lowest BCUT2D eigenvalue weighted by molar-refractivity contribution is -0.146. The smallest absolute Gasteiger partial charge is 0.331 e. The summed E-state index contributed by atoms with van der Waals surface area (Å²) in [6, 6.07) is 0. The van der Waals surface area contributed by atoms with Crippen LogP contribution in [-0.2, 0) is 19.9 Å². The van der Waals surface area contributed by atoms with Gasteiger partial charge in [0.2, 0.25) is 0 Å². The predicted molar refractivity (Wildman–Crippen MR) is 94.4 cm³/mol. The molecule has 0 saturated heterocycles. The molecule has 7 nitrogen and oxygen atoms in total. The fraction of sp³-hybridized carbons (Fsp3) is 0.722. The first-order valence-corrected chi connectivity index (χ1v) is 8.98. The molecule has 1 heterocycles. The van der Waals surface area contributed by atoms with Crippen LogP contribution in [0.25, 0.3) is 0 Å². The number of carbonyl (C=O) groups is 2. The molecule has 0 aromatic carbocycles. The molecule has 1 aromatic rings. The highest BCUT2D eigenvalue weighted by Gasteiger charge is 2.31. The van der Waals surface area contributed by atoms with E-state index in [1.807, 2.05) is 6.92 Å². The third-order valence-electron chi connectivity index (χ3n) is 4.85. The molecule has 2 rings (SSSR count). The Morgan fingerprint density at radius 3 is 2.80 bits per heavy atom. The van der Waals surface area contributed by atoms with E-state index in [-0.39, 0.29) is 12.0 Å². The van der Waals surface area contributed by atoms with Crippen molar-refractivity contribution in [2.24, 2.45) is 5.92 Å². The molecule has 3 atom stereocenters. The first-order chi connectivity index (χ1) is 11.7. The van der Waals surface area contributed by atoms with Crippen LogP contribution in [0.3, 0.4) is 0 Å². The second-order valence-corrected chi connectivity index (χ2v) is 7.45. The van der Waals surface area contributed by atoms with Gasteiger partial charge in [0.05, 0.1) is 18.0 Å². The molecule has 25 heavy (non-hydrogen) atoms. The van der Waals surface area contributed by atoms with Gasteiger partial charge in [0.1, 0.15) is 6.10 Å². The Kier molecular flexibility index (Phi) is 6.21. The Morgan fingerprint density at radius 2 is 2.20 bits per heavy atom. The number of hydrogen-bond acceptors (Lipinski definition) is 4. The van der Waals surface area contributed by atoms with E-state index in [1.165, 1.54) is 23.5 Å². The van der Waals surface area contributed by atoms with E-state index in [0.717, 1.165) is 19.3 Å². The molecule has 0 aliphatic heterocycles. The van der Waals surface area contributed by atoms with Gasteiger partial charge >= 0.3 is 5.97 Å². The number of carboxylic acids is 1. The van der Waals surface area contributed by atoms with Gasteiger partial charge in [-0.1, -0.05) is 26.7 Å². The SMILES string of the molecule is CCC(OC1CCCC(C)C1)C(=O)Nc1cnn(C(C)(C)C(=O)O)c1. The number of carboxylic acid groups (broad SMARTS) is 1. The Labute approximate surface area is 148 Å². The van der Waals surface area contributed by atoms with Gasteiger partial charge < -0.3 is 15.2 Å². The second-order valence-electron chi connectivity index (χ2n) is 7.45. The maximum atomic E-state index is 12.5. The Morgan fingerprint density at radius 1 is 1.48 bits per heavy atom. The van der Waals surface area contributed by atoms with E-state index >= 15 is 0 Å². The number of nitrogens with one attached hydrogen (secondary N) is 1. The van der Waals surface area contributed by atoms with Gasteiger partial charge in [-0.15, -0.1) is 0 Å². The third kappa shape index (κ3) is 4.81. The molecule has 1 fully saturated rings. The van der Waals surface area contributed by atoms with Crippen molar-refractivity contribution in [1.82, 2.24) is 9.78 Å². The predicted octanol–water partition coefficient (Wildman–Crippen LogP) is 3.02. The van der Waals surface area contributed by atoms with Crippen molar-refractivity contribution >= 4 is 17.6 Å². The minimum absolute atomic E-state index is 0.133. The number of hydrogen-bond donors (Lipinski definition) is 2. The minimum atomic E-state index is -1.18. The fourth-order valence-electron chi connectivity index (χ4n) is 3.09. The van der Waals surface area contributed by atoms with Crippen LogP contribution in [0.15, 0.2) is 12.4 Å². The van der Waals surface area contributed by atoms with E-state index in [1.54, 1.807) is 13.8 Å². The van der Waals surface area contributed by atoms with Crippen molar-refractivity contribution in [2.75, 3.05) is 5.32 Å². The van der Waals surface area contributed by atoms with Crippen molar-refractivity contribution in [3.8, 4) is 0 Å². The number of rotatable bonds is 7. The summed E-state index contributed by atoms with van der Waals surface area (Å²) in [6.07, 6.45) is 7.56. The summed E-state index contributed by atoms with van der Waals surface area (Å²) in [4.78, 5) is 23.8. The van der Waals surface area contributed by atoms with Crippen LogP contribution in [0.1, 0.15) is 59.8 Å². The average molecular weight is 351 g/mol. The molecule has 0 spiro atoms. The number of ether oxygens (including phenoxy) is 1. The van der Waals surface area contributed by atoms with Crippen molar-refractivity contribution in [3.63, 3.8) is 0 Å². The molecule has 7 heteroatoms. The van der Waals surface area contributed by atoms with Crippen molar-refractivity contribution in [3.05, 3.63) is 12.4 Å². The van der Waals surface area contributed by atoms with Gasteiger partial charge in [-0.3, -0.25) is 9.48 Å². The highest BCUT2D eigenvalue weighted by atomic mass is 16.5. The number of aromatic nitrogens is 2. The summed E-state index contributed by atoms with van der Waals surface area (Å²) in [6.45, 7) is 7.24. The molecule has 0 radical (unpaired) electrons. The van der Waals surface area contributed by atoms with Gasteiger partial charge in [0, 0.05) is 6.20 Å². The summed E-state index contributed by atoms with van der Waals surface area (Å²) in [7, 11) is 0. The standard InChI is InChI=1S/C18H29N3O4/c1-5-15(25-14-8-6-7-12(2)9-14)16(22)20-13-10-19-21(11-13)18(3,4)17(23)24/h10-12,14-15H,5-9H2,1-4H3,(H,20,22)(H,23,24). The maximum absolute atomic E-state index is 12.5. The largest absolute Gasteiger partial charge is 0.479 e. The summed E-state index contributed by atoms with van der Waals surface area (Å²) in [5.74, 6) is -0.570. The molecular formula is C18H29N3O4. The lowest BCUT2D eigenvalue weighted by Gasteiger charge is -2.29. The quantitative estimate of drug-likeness (QED) is 0.787. The van der Waals surface area contributed by atoms with Gasteiger partial charge in [-0.2, -0.15) is 5.10 Å². The van der Waals surface area contributed by atoms with Crippen molar-refractivity contribution in [2.45, 2.75) is 77.5 Å². The Hall–Kier alpha value is -1.89. The number of carbonyl (C=O) groups excluding carboxylic acids is 1. The van der Waals surface area contributed by atoms with Crippen LogP contribution in [0.5, 0.6) is 0 Å². The molecule has 1 aromatic heterocycles. The van der Waals surface area contributed by atoms with E-state index < -0.39 is 17.6 Å². The van der Waals surface area contributed by atoms with Crippen LogP contribution >= 0.6 is 0 Å². The number of amides is 1. The van der Waals surface area contributed by atoms with Gasteiger partial charge in [-0.25, -0.2) is 4.79 Å². The van der Waals surface area contributed by atoms with Crippen LogP contribution in [0.4, 0.5) is 5.69 Å². The number of aliphatic carboxylic acids is 1. The summed E-state index contributed by atoms with van der Waals surface area (Å²) in [5.41, 5.74) is -0.708. The monoisotopic (exact) mass is 351 g/mol. The van der Waals surface area contributed by atoms with E-state index in [9.17, 15) is 14.7 Å². The van der Waals surface area contributed by atoms with Gasteiger partial charge in [0.25, 0.3) is 5.91 Å². The van der Waals surface area contributed by atoms with Gasteiger partial charge in [0.15, 0.2) is 5.54 Å². The van der Waals surface area contributed by atoms with Gasteiger partial charge in [-0.05, 0) is 39.0 Å². The number of nitrogens with zero attached hydrogens (tertiary/aromatic N) is 2. The number of anilines is 1. The molecule has 3 unspecified atom stereocenters. The summed E-state index contributed by atoms with van der Waals surface area (Å²) in [5, 5.41) is 16.1. The second kappa shape index (κ2) is 7.99. The highest BCUT2D eigenvalue weighted by Crippen LogP contribution is 2.27. The molecular weight excluding hydrogens is 322 g/mol. The minimum Gasteiger partial charge on any atom is -0.479 e. The highest BCUT2D eigenvalue weighted by molar-refractivity contribution is 5.94. The van der Waals surface area contributed by atoms with Crippen LogP contribution in [-0.4, -0.2) is 39.0 Å². The van der Waals surface area contributed by atoms with Crippen LogP contribution in [0.2, 0.25) is 0 Å². The van der Waals surface area contributed by atoms with E-state index in [0.29, 0.717) is 18.0 Å². The van der Waals surface area contributed by atoms with E-state index in [4.69, 9.17) is 4.74 Å². The zero-order chi connectivity index (χ0) is 18.6. The molecule has 1 saturated carbocycles. The Bertz CT molecular complexity index is 611. The maximum Gasteiger partial charge on any atom is 0.331 e. The van der Waals surface area contributed by atoms with Crippen LogP contribution in [0, 0.1) is 5.92 Å².